The first kappa shape index (κ1) is 25.2. The van der Waals surface area contributed by atoms with Crippen LogP contribution in [-0.2, 0) is 9.53 Å². The summed E-state index contributed by atoms with van der Waals surface area (Å²) < 4.78 is 23.5. The van der Waals surface area contributed by atoms with Gasteiger partial charge >= 0.3 is 5.97 Å². The number of methoxy groups -OCH3 is 3. The molecule has 1 atom stereocenters. The lowest BCUT2D eigenvalue weighted by Crippen LogP contribution is -2.39. The zero-order valence-corrected chi connectivity index (χ0v) is 21.7. The fraction of sp³-hybridized carbons (Fsp3) is 0.296. The van der Waals surface area contributed by atoms with Crippen LogP contribution in [0.15, 0.2) is 63.5 Å². The molecule has 0 bridgehead atoms. The summed E-state index contributed by atoms with van der Waals surface area (Å²) in [6, 6.07) is 12.2. The number of hydrogen-bond donors (Lipinski definition) is 0. The number of esters is 1. The lowest BCUT2D eigenvalue weighted by molar-refractivity contribution is -0.136. The van der Waals surface area contributed by atoms with E-state index < -0.39 is 12.0 Å². The molecule has 3 aromatic rings. The first-order valence-corrected chi connectivity index (χ1v) is 12.3. The molecular weight excluding hydrogens is 480 g/mol. The topological polar surface area (TPSA) is 88.4 Å². The largest absolute Gasteiger partial charge is 0.494 e. The van der Waals surface area contributed by atoms with Gasteiger partial charge in [-0.15, -0.1) is 0 Å². The summed E-state index contributed by atoms with van der Waals surface area (Å²) in [6.07, 6.45) is 2.68. The minimum atomic E-state index is -0.679. The monoisotopic (exact) mass is 508 g/mol. The van der Waals surface area contributed by atoms with Crippen LogP contribution in [0.4, 0.5) is 0 Å². The number of ether oxygens (including phenoxy) is 4. The third-order valence-electron chi connectivity index (χ3n) is 5.80. The summed E-state index contributed by atoms with van der Waals surface area (Å²) in [5, 5.41) is 0. The molecule has 0 saturated carbocycles. The van der Waals surface area contributed by atoms with Crippen LogP contribution < -0.4 is 29.1 Å². The number of aromatic nitrogens is 1. The van der Waals surface area contributed by atoms with Crippen molar-refractivity contribution in [2.24, 2.45) is 4.99 Å². The molecule has 2 aromatic carbocycles. The second-order valence-corrected chi connectivity index (χ2v) is 9.11. The number of benzene rings is 2. The van der Waals surface area contributed by atoms with Gasteiger partial charge < -0.3 is 18.9 Å². The molecule has 0 spiro atoms. The van der Waals surface area contributed by atoms with Crippen LogP contribution in [0, 0.1) is 0 Å². The molecule has 188 valence electrons. The first-order chi connectivity index (χ1) is 17.4. The molecule has 36 heavy (non-hydrogen) atoms. The number of hydrogen-bond acceptors (Lipinski definition) is 8. The van der Waals surface area contributed by atoms with Gasteiger partial charge in [-0.1, -0.05) is 36.5 Å². The van der Waals surface area contributed by atoms with Gasteiger partial charge in [-0.2, -0.15) is 0 Å². The highest BCUT2D eigenvalue weighted by atomic mass is 32.1. The summed E-state index contributed by atoms with van der Waals surface area (Å²) in [5.41, 5.74) is 2.11. The Morgan fingerprint density at radius 1 is 1.08 bits per heavy atom. The van der Waals surface area contributed by atoms with Crippen molar-refractivity contribution in [1.82, 2.24) is 4.57 Å². The van der Waals surface area contributed by atoms with Crippen LogP contribution in [0.2, 0.25) is 0 Å². The van der Waals surface area contributed by atoms with Crippen molar-refractivity contribution in [2.75, 3.05) is 27.9 Å². The number of thiazole rings is 1. The lowest BCUT2D eigenvalue weighted by Gasteiger charge is -2.24. The molecule has 0 aliphatic carbocycles. The molecule has 4 rings (SSSR count). The minimum absolute atomic E-state index is 0.251. The van der Waals surface area contributed by atoms with E-state index >= 15 is 0 Å². The Balaban J connectivity index is 1.87. The molecule has 1 aliphatic rings. The molecule has 0 saturated heterocycles. The van der Waals surface area contributed by atoms with Crippen molar-refractivity contribution in [2.45, 2.75) is 26.3 Å². The Morgan fingerprint density at radius 3 is 2.44 bits per heavy atom. The molecule has 0 radical (unpaired) electrons. The number of rotatable bonds is 8. The number of carbonyl (C=O) groups excluding carboxylic acids is 1. The molecule has 1 unspecified atom stereocenters. The SMILES string of the molecule is CCCOc1ccc(C2C(C(=O)OC)=C(C)N=c3s/c(=C\c4ccc(OC)c(OC)c4)c(=O)n32)cc1. The molecule has 2 heterocycles. The van der Waals surface area contributed by atoms with Gasteiger partial charge in [-0.3, -0.25) is 9.36 Å². The maximum atomic E-state index is 13.7. The van der Waals surface area contributed by atoms with Crippen LogP contribution in [0.3, 0.4) is 0 Å². The van der Waals surface area contributed by atoms with Crippen LogP contribution in [-0.4, -0.2) is 38.5 Å². The van der Waals surface area contributed by atoms with Gasteiger partial charge in [0.1, 0.15) is 5.75 Å². The number of allylic oxidation sites excluding steroid dienone is 1. The van der Waals surface area contributed by atoms with E-state index in [1.165, 1.54) is 18.4 Å². The average Bonchev–Trinajstić information content (AvgIpc) is 3.20. The summed E-state index contributed by atoms with van der Waals surface area (Å²) in [5.74, 6) is 1.36. The second-order valence-electron chi connectivity index (χ2n) is 8.11. The van der Waals surface area contributed by atoms with Crippen molar-refractivity contribution in [3.63, 3.8) is 0 Å². The van der Waals surface area contributed by atoms with E-state index in [0.717, 1.165) is 23.3 Å². The van der Waals surface area contributed by atoms with Crippen molar-refractivity contribution < 1.29 is 23.7 Å². The molecular formula is C27H28N2O6S. The Hall–Kier alpha value is -3.85. The average molecular weight is 509 g/mol. The van der Waals surface area contributed by atoms with Crippen molar-refractivity contribution in [1.29, 1.82) is 0 Å². The van der Waals surface area contributed by atoms with Gasteiger partial charge in [-0.25, -0.2) is 9.79 Å². The maximum Gasteiger partial charge on any atom is 0.338 e. The van der Waals surface area contributed by atoms with Crippen molar-refractivity contribution >= 4 is 23.4 Å². The smallest absolute Gasteiger partial charge is 0.338 e. The third kappa shape index (κ3) is 4.79. The zero-order chi connectivity index (χ0) is 25.8. The van der Waals surface area contributed by atoms with Crippen LogP contribution in [0.1, 0.15) is 37.4 Å². The summed E-state index contributed by atoms with van der Waals surface area (Å²) in [4.78, 5) is 31.6. The van der Waals surface area contributed by atoms with Crippen LogP contribution >= 0.6 is 11.3 Å². The summed E-state index contributed by atoms with van der Waals surface area (Å²) in [6.45, 7) is 4.40. The van der Waals surface area contributed by atoms with Gasteiger partial charge in [0.05, 0.1) is 49.8 Å². The minimum Gasteiger partial charge on any atom is -0.494 e. The molecule has 0 amide bonds. The molecule has 0 fully saturated rings. The Morgan fingerprint density at radius 2 is 1.81 bits per heavy atom. The summed E-state index contributed by atoms with van der Waals surface area (Å²) >= 11 is 1.26. The van der Waals surface area contributed by atoms with Gasteiger partial charge in [0.25, 0.3) is 5.56 Å². The standard InChI is InChI=1S/C27H28N2O6S/c1-6-13-35-19-10-8-18(9-11-19)24-23(26(31)34-5)16(2)28-27-29(24)25(30)22(36-27)15-17-7-12-20(32-3)21(14-17)33-4/h7-12,14-15,24H,6,13H2,1-5H3/b22-15-. The third-order valence-corrected chi connectivity index (χ3v) is 6.78. The fourth-order valence-corrected chi connectivity index (χ4v) is 5.11. The molecule has 9 heteroatoms. The van der Waals surface area contributed by atoms with E-state index in [1.54, 1.807) is 43.9 Å². The maximum absolute atomic E-state index is 13.7. The Bertz CT molecular complexity index is 1480. The number of fused-ring (bicyclic) bond motifs is 1. The number of nitrogens with zero attached hydrogens (tertiary/aromatic N) is 2. The van der Waals surface area contributed by atoms with Crippen molar-refractivity contribution in [3.05, 3.63) is 84.5 Å². The van der Waals surface area contributed by atoms with E-state index in [2.05, 4.69) is 4.99 Å². The second kappa shape index (κ2) is 10.8. The highest BCUT2D eigenvalue weighted by molar-refractivity contribution is 7.07. The lowest BCUT2D eigenvalue weighted by atomic mass is 9.96. The van der Waals surface area contributed by atoms with E-state index in [9.17, 15) is 9.59 Å². The summed E-state index contributed by atoms with van der Waals surface area (Å²) in [7, 11) is 4.45. The molecule has 1 aromatic heterocycles. The molecule has 0 N–H and O–H groups in total. The van der Waals surface area contributed by atoms with Gasteiger partial charge in [0.2, 0.25) is 0 Å². The highest BCUT2D eigenvalue weighted by Gasteiger charge is 2.33. The van der Waals surface area contributed by atoms with E-state index in [0.29, 0.717) is 38.7 Å². The number of carbonyl (C=O) groups is 1. The van der Waals surface area contributed by atoms with E-state index in [4.69, 9.17) is 18.9 Å². The zero-order valence-electron chi connectivity index (χ0n) is 20.9. The first-order valence-electron chi connectivity index (χ1n) is 11.5. The van der Waals surface area contributed by atoms with E-state index in [1.807, 2.05) is 37.3 Å². The predicted molar refractivity (Wildman–Crippen MR) is 138 cm³/mol. The molecule has 8 nitrogen and oxygen atoms in total. The quantitative estimate of drug-likeness (QED) is 0.434. The highest BCUT2D eigenvalue weighted by Crippen LogP contribution is 2.32. The Kier molecular flexibility index (Phi) is 7.59. The van der Waals surface area contributed by atoms with E-state index in [-0.39, 0.29) is 5.56 Å². The normalized spacial score (nSPS) is 15.2. The van der Waals surface area contributed by atoms with Crippen molar-refractivity contribution in [3.8, 4) is 17.2 Å². The van der Waals surface area contributed by atoms with Gasteiger partial charge in [-0.05, 0) is 54.8 Å². The van der Waals surface area contributed by atoms with Gasteiger partial charge in [0, 0.05) is 0 Å². The predicted octanol–water partition coefficient (Wildman–Crippen LogP) is 3.21. The van der Waals surface area contributed by atoms with Crippen LogP contribution in [0.25, 0.3) is 6.08 Å². The van der Waals surface area contributed by atoms with Gasteiger partial charge in [0.15, 0.2) is 16.3 Å². The molecule has 1 aliphatic heterocycles. The Labute approximate surface area is 212 Å². The fourth-order valence-electron chi connectivity index (χ4n) is 4.07. The van der Waals surface area contributed by atoms with Crippen LogP contribution in [0.5, 0.6) is 17.2 Å².